The van der Waals surface area contributed by atoms with Crippen LogP contribution in [0.5, 0.6) is 0 Å². The lowest BCUT2D eigenvalue weighted by Gasteiger charge is -2.30. The number of hydrogen-bond acceptors (Lipinski definition) is 2. The highest BCUT2D eigenvalue weighted by atomic mass is 19.1. The third-order valence-corrected chi connectivity index (χ3v) is 3.60. The van der Waals surface area contributed by atoms with Gasteiger partial charge in [0.2, 0.25) is 0 Å². The molecule has 1 N–H and O–H groups in total. The Labute approximate surface area is 106 Å². The van der Waals surface area contributed by atoms with Gasteiger partial charge in [0.25, 0.3) is 0 Å². The van der Waals surface area contributed by atoms with E-state index in [0.29, 0.717) is 30.5 Å². The van der Waals surface area contributed by atoms with Crippen LogP contribution in [0, 0.1) is 18.7 Å². The molecule has 0 atom stereocenters. The van der Waals surface area contributed by atoms with Crippen molar-refractivity contribution in [2.24, 2.45) is 5.92 Å². The second kappa shape index (κ2) is 5.48. The van der Waals surface area contributed by atoms with E-state index in [1.807, 2.05) is 6.07 Å². The van der Waals surface area contributed by atoms with Crippen LogP contribution in [-0.2, 0) is 11.3 Å². The molecule has 1 aliphatic rings. The van der Waals surface area contributed by atoms with Crippen LogP contribution in [0.4, 0.5) is 4.39 Å². The zero-order chi connectivity index (χ0) is 13.1. The largest absolute Gasteiger partial charge is 0.481 e. The first-order valence-electron chi connectivity index (χ1n) is 6.27. The van der Waals surface area contributed by atoms with Crippen molar-refractivity contribution in [1.29, 1.82) is 0 Å². The molecule has 0 bridgehead atoms. The van der Waals surface area contributed by atoms with Crippen LogP contribution in [0.25, 0.3) is 0 Å². The van der Waals surface area contributed by atoms with Gasteiger partial charge in [0.05, 0.1) is 5.92 Å². The Morgan fingerprint density at radius 2 is 2.11 bits per heavy atom. The Kier molecular flexibility index (Phi) is 3.97. The first-order chi connectivity index (χ1) is 8.58. The molecule has 3 nitrogen and oxygen atoms in total. The van der Waals surface area contributed by atoms with Crippen molar-refractivity contribution in [3.05, 3.63) is 35.1 Å². The van der Waals surface area contributed by atoms with E-state index in [1.54, 1.807) is 19.1 Å². The van der Waals surface area contributed by atoms with Crippen molar-refractivity contribution < 1.29 is 14.3 Å². The Bertz CT molecular complexity index is 439. The highest BCUT2D eigenvalue weighted by Crippen LogP contribution is 2.20. The maximum absolute atomic E-state index is 13.8. The van der Waals surface area contributed by atoms with Crippen molar-refractivity contribution >= 4 is 5.97 Å². The summed E-state index contributed by atoms with van der Waals surface area (Å²) in [6, 6.07) is 5.42. The van der Waals surface area contributed by atoms with Gasteiger partial charge in [-0.1, -0.05) is 18.2 Å². The fourth-order valence-electron chi connectivity index (χ4n) is 2.41. The Hall–Kier alpha value is -1.42. The van der Waals surface area contributed by atoms with Crippen molar-refractivity contribution in [2.45, 2.75) is 26.3 Å². The van der Waals surface area contributed by atoms with Crippen molar-refractivity contribution in [3.8, 4) is 0 Å². The minimum atomic E-state index is -0.712. The molecule has 0 saturated carbocycles. The summed E-state index contributed by atoms with van der Waals surface area (Å²) in [5, 5.41) is 8.92. The molecule has 0 spiro atoms. The molecular weight excluding hydrogens is 233 g/mol. The number of rotatable bonds is 3. The first-order valence-corrected chi connectivity index (χ1v) is 6.27. The van der Waals surface area contributed by atoms with E-state index >= 15 is 0 Å². The number of carboxylic acids is 1. The van der Waals surface area contributed by atoms with Crippen LogP contribution in [0.1, 0.15) is 24.0 Å². The normalized spacial score (nSPS) is 17.9. The SMILES string of the molecule is Cc1cccc(CN2CCC(C(=O)O)CC2)c1F. The second-order valence-corrected chi connectivity index (χ2v) is 4.94. The summed E-state index contributed by atoms with van der Waals surface area (Å²) in [6.45, 7) is 3.78. The van der Waals surface area contributed by atoms with Crippen LogP contribution in [0.3, 0.4) is 0 Å². The molecule has 0 aliphatic carbocycles. The standard InChI is InChI=1S/C14H18FNO2/c1-10-3-2-4-12(13(10)15)9-16-7-5-11(6-8-16)14(17)18/h2-4,11H,5-9H2,1H3,(H,17,18). The quantitative estimate of drug-likeness (QED) is 0.897. The number of nitrogens with zero attached hydrogens (tertiary/aromatic N) is 1. The van der Waals surface area contributed by atoms with Crippen LogP contribution >= 0.6 is 0 Å². The van der Waals surface area contributed by atoms with Gasteiger partial charge in [-0.2, -0.15) is 0 Å². The van der Waals surface area contributed by atoms with Crippen LogP contribution < -0.4 is 0 Å². The van der Waals surface area contributed by atoms with Gasteiger partial charge < -0.3 is 5.11 Å². The summed E-state index contributed by atoms with van der Waals surface area (Å²) >= 11 is 0. The highest BCUT2D eigenvalue weighted by molar-refractivity contribution is 5.70. The van der Waals surface area contributed by atoms with Crippen LogP contribution in [0.15, 0.2) is 18.2 Å². The van der Waals surface area contributed by atoms with E-state index < -0.39 is 5.97 Å². The molecule has 1 saturated heterocycles. The maximum atomic E-state index is 13.8. The third-order valence-electron chi connectivity index (χ3n) is 3.60. The van der Waals surface area contributed by atoms with Gasteiger partial charge in [-0.15, -0.1) is 0 Å². The minimum Gasteiger partial charge on any atom is -0.481 e. The van der Waals surface area contributed by atoms with Gasteiger partial charge in [0.1, 0.15) is 5.82 Å². The fraction of sp³-hybridized carbons (Fsp3) is 0.500. The highest BCUT2D eigenvalue weighted by Gasteiger charge is 2.24. The smallest absolute Gasteiger partial charge is 0.306 e. The van der Waals surface area contributed by atoms with Crippen LogP contribution in [0.2, 0.25) is 0 Å². The maximum Gasteiger partial charge on any atom is 0.306 e. The van der Waals surface area contributed by atoms with E-state index in [0.717, 1.165) is 13.1 Å². The lowest BCUT2D eigenvalue weighted by Crippen LogP contribution is -2.36. The molecule has 1 aromatic carbocycles. The zero-order valence-corrected chi connectivity index (χ0v) is 10.5. The minimum absolute atomic E-state index is 0.141. The number of aryl methyl sites for hydroxylation is 1. The molecule has 1 aliphatic heterocycles. The average molecular weight is 251 g/mol. The summed E-state index contributed by atoms with van der Waals surface area (Å²) in [5.74, 6) is -1.09. The predicted octanol–water partition coefficient (Wildman–Crippen LogP) is 2.43. The number of hydrogen-bond donors (Lipinski definition) is 1. The number of halogens is 1. The molecule has 1 heterocycles. The topological polar surface area (TPSA) is 40.5 Å². The first kappa shape index (κ1) is 13.0. The summed E-state index contributed by atoms with van der Waals surface area (Å²) in [5.41, 5.74) is 1.36. The molecule has 1 aromatic rings. The molecule has 0 aromatic heterocycles. The van der Waals surface area contributed by atoms with E-state index in [1.165, 1.54) is 0 Å². The Balaban J connectivity index is 1.96. The lowest BCUT2D eigenvalue weighted by molar-refractivity contribution is -0.143. The van der Waals surface area contributed by atoms with Gasteiger partial charge in [0, 0.05) is 12.1 Å². The second-order valence-electron chi connectivity index (χ2n) is 4.94. The van der Waals surface area contributed by atoms with Gasteiger partial charge >= 0.3 is 5.97 Å². The fourth-order valence-corrected chi connectivity index (χ4v) is 2.41. The number of carbonyl (C=O) groups is 1. The molecule has 0 amide bonds. The summed E-state index contributed by atoms with van der Waals surface area (Å²) in [7, 11) is 0. The molecular formula is C14H18FNO2. The van der Waals surface area contributed by atoms with Crippen LogP contribution in [-0.4, -0.2) is 29.1 Å². The van der Waals surface area contributed by atoms with E-state index in [9.17, 15) is 9.18 Å². The number of likely N-dealkylation sites (tertiary alicyclic amines) is 1. The van der Waals surface area contributed by atoms with E-state index in [2.05, 4.69) is 4.90 Å². The van der Waals surface area contributed by atoms with Crippen molar-refractivity contribution in [1.82, 2.24) is 4.90 Å². The van der Waals surface area contributed by atoms with Gasteiger partial charge in [-0.25, -0.2) is 4.39 Å². The predicted molar refractivity (Wildman–Crippen MR) is 66.8 cm³/mol. The van der Waals surface area contributed by atoms with Gasteiger partial charge in [0.15, 0.2) is 0 Å². The van der Waals surface area contributed by atoms with Gasteiger partial charge in [-0.3, -0.25) is 9.69 Å². The van der Waals surface area contributed by atoms with Crippen molar-refractivity contribution in [3.63, 3.8) is 0 Å². The Morgan fingerprint density at radius 1 is 1.44 bits per heavy atom. The average Bonchev–Trinajstić information content (AvgIpc) is 2.36. The summed E-state index contributed by atoms with van der Waals surface area (Å²) in [6.07, 6.45) is 1.31. The third kappa shape index (κ3) is 2.88. The van der Waals surface area contributed by atoms with Gasteiger partial charge in [-0.05, 0) is 38.4 Å². The monoisotopic (exact) mass is 251 g/mol. The summed E-state index contributed by atoms with van der Waals surface area (Å²) in [4.78, 5) is 13.0. The molecule has 0 radical (unpaired) electrons. The zero-order valence-electron chi connectivity index (χ0n) is 10.5. The molecule has 2 rings (SSSR count). The van der Waals surface area contributed by atoms with Crippen molar-refractivity contribution in [2.75, 3.05) is 13.1 Å². The molecule has 4 heteroatoms. The molecule has 0 unspecified atom stereocenters. The Morgan fingerprint density at radius 3 is 2.72 bits per heavy atom. The summed E-state index contributed by atoms with van der Waals surface area (Å²) < 4.78 is 13.8. The van der Waals surface area contributed by atoms with E-state index in [-0.39, 0.29) is 11.7 Å². The molecule has 18 heavy (non-hydrogen) atoms. The number of piperidine rings is 1. The number of carboxylic acid groups (broad SMARTS) is 1. The number of aliphatic carboxylic acids is 1. The molecule has 1 fully saturated rings. The lowest BCUT2D eigenvalue weighted by atomic mass is 9.96. The number of benzene rings is 1. The van der Waals surface area contributed by atoms with E-state index in [4.69, 9.17) is 5.11 Å². The molecule has 98 valence electrons.